The number of carbonyl (C=O) groups excluding carboxylic acids is 1. The predicted octanol–water partition coefficient (Wildman–Crippen LogP) is 4.66. The molecule has 0 saturated carbocycles. The molecule has 22 heavy (non-hydrogen) atoms. The van der Waals surface area contributed by atoms with E-state index in [-0.39, 0.29) is 17.2 Å². The number of halogens is 2. The average molecular weight is 305 g/mol. The Bertz CT molecular complexity index is 657. The molecule has 1 N–H and O–H groups in total. The van der Waals surface area contributed by atoms with E-state index in [1.54, 1.807) is 12.1 Å². The van der Waals surface area contributed by atoms with Crippen LogP contribution in [0.25, 0.3) is 0 Å². The van der Waals surface area contributed by atoms with Crippen LogP contribution in [-0.4, -0.2) is 12.5 Å². The van der Waals surface area contributed by atoms with Crippen LogP contribution in [0.2, 0.25) is 0 Å². The van der Waals surface area contributed by atoms with Gasteiger partial charge in [-0.15, -0.1) is 0 Å². The first-order chi connectivity index (χ1) is 10.5. The van der Waals surface area contributed by atoms with Crippen molar-refractivity contribution >= 4 is 11.6 Å². The molecular weight excluding hydrogens is 288 g/mol. The molecule has 0 bridgehead atoms. The zero-order valence-electron chi connectivity index (χ0n) is 12.3. The van der Waals surface area contributed by atoms with E-state index in [1.165, 1.54) is 18.2 Å². The van der Waals surface area contributed by atoms with Gasteiger partial charge < -0.3 is 10.1 Å². The molecule has 3 nitrogen and oxygen atoms in total. The third-order valence-corrected chi connectivity index (χ3v) is 3.13. The van der Waals surface area contributed by atoms with Gasteiger partial charge in [-0.1, -0.05) is 32.0 Å². The van der Waals surface area contributed by atoms with Gasteiger partial charge in [-0.25, -0.2) is 0 Å². The number of hydrogen-bond acceptors (Lipinski definition) is 2. The highest BCUT2D eigenvalue weighted by Crippen LogP contribution is 2.20. The number of nitrogens with one attached hydrogen (secondary N) is 1. The highest BCUT2D eigenvalue weighted by molar-refractivity contribution is 6.04. The summed E-state index contributed by atoms with van der Waals surface area (Å²) < 4.78 is 28.7. The molecule has 0 atom stereocenters. The van der Waals surface area contributed by atoms with Crippen molar-refractivity contribution in [2.45, 2.75) is 26.4 Å². The molecule has 0 aliphatic carbocycles. The molecule has 0 aliphatic heterocycles. The number of rotatable bonds is 5. The van der Waals surface area contributed by atoms with E-state index in [9.17, 15) is 13.6 Å². The Labute approximate surface area is 127 Å². The molecular formula is C17H17F2NO2. The number of ether oxygens (including phenoxy) is 1. The second-order valence-corrected chi connectivity index (χ2v) is 5.14. The van der Waals surface area contributed by atoms with Gasteiger partial charge in [-0.2, -0.15) is 8.78 Å². The van der Waals surface area contributed by atoms with E-state index >= 15 is 0 Å². The van der Waals surface area contributed by atoms with Crippen LogP contribution in [0, 0.1) is 0 Å². The zero-order valence-corrected chi connectivity index (χ0v) is 12.3. The van der Waals surface area contributed by atoms with Crippen LogP contribution in [0.5, 0.6) is 5.75 Å². The van der Waals surface area contributed by atoms with Gasteiger partial charge in [0.2, 0.25) is 0 Å². The van der Waals surface area contributed by atoms with Gasteiger partial charge in [0.1, 0.15) is 5.75 Å². The van der Waals surface area contributed by atoms with Crippen molar-refractivity contribution in [3.63, 3.8) is 0 Å². The fourth-order valence-electron chi connectivity index (χ4n) is 1.99. The van der Waals surface area contributed by atoms with Gasteiger partial charge in [-0.3, -0.25) is 4.79 Å². The molecule has 2 aromatic rings. The van der Waals surface area contributed by atoms with Crippen LogP contribution in [0.4, 0.5) is 14.5 Å². The fraction of sp³-hybridized carbons (Fsp3) is 0.235. The maximum Gasteiger partial charge on any atom is 0.387 e. The van der Waals surface area contributed by atoms with E-state index in [0.29, 0.717) is 11.6 Å². The number of hydrogen-bond donors (Lipinski definition) is 1. The first-order valence-electron chi connectivity index (χ1n) is 6.92. The van der Waals surface area contributed by atoms with E-state index in [0.717, 1.165) is 5.56 Å². The molecule has 0 aliphatic rings. The number of alkyl halides is 2. The normalized spacial score (nSPS) is 10.8. The van der Waals surface area contributed by atoms with Gasteiger partial charge in [-0.05, 0) is 41.8 Å². The number of benzene rings is 2. The summed E-state index contributed by atoms with van der Waals surface area (Å²) in [7, 11) is 0. The second kappa shape index (κ2) is 7.02. The molecule has 0 unspecified atom stereocenters. The van der Waals surface area contributed by atoms with Gasteiger partial charge >= 0.3 is 6.61 Å². The Morgan fingerprint density at radius 1 is 1.09 bits per heavy atom. The smallest absolute Gasteiger partial charge is 0.387 e. The first kappa shape index (κ1) is 15.9. The summed E-state index contributed by atoms with van der Waals surface area (Å²) in [6.45, 7) is 1.21. The lowest BCUT2D eigenvalue weighted by Crippen LogP contribution is -2.12. The number of anilines is 1. The highest BCUT2D eigenvalue weighted by atomic mass is 19.3. The van der Waals surface area contributed by atoms with E-state index in [2.05, 4.69) is 23.9 Å². The van der Waals surface area contributed by atoms with Crippen molar-refractivity contribution in [1.29, 1.82) is 0 Å². The maximum absolute atomic E-state index is 12.2. The second-order valence-electron chi connectivity index (χ2n) is 5.14. The van der Waals surface area contributed by atoms with Crippen molar-refractivity contribution in [2.24, 2.45) is 0 Å². The minimum absolute atomic E-state index is 0.0430. The minimum Gasteiger partial charge on any atom is -0.435 e. The van der Waals surface area contributed by atoms with Crippen LogP contribution in [-0.2, 0) is 0 Å². The SMILES string of the molecule is CC(C)c1cccc(NC(=O)c2cccc(OC(F)F)c2)c1. The van der Waals surface area contributed by atoms with Crippen molar-refractivity contribution in [3.8, 4) is 5.75 Å². The molecule has 0 heterocycles. The Morgan fingerprint density at radius 2 is 1.82 bits per heavy atom. The van der Waals surface area contributed by atoms with Gasteiger partial charge in [0.05, 0.1) is 0 Å². The molecule has 0 radical (unpaired) electrons. The standard InChI is InChI=1S/C17H17F2NO2/c1-11(2)12-5-3-7-14(9-12)20-16(21)13-6-4-8-15(10-13)22-17(18)19/h3-11,17H,1-2H3,(H,20,21). The lowest BCUT2D eigenvalue weighted by molar-refractivity contribution is -0.0498. The summed E-state index contributed by atoms with van der Waals surface area (Å²) in [4.78, 5) is 12.2. The lowest BCUT2D eigenvalue weighted by Gasteiger charge is -2.10. The summed E-state index contributed by atoms with van der Waals surface area (Å²) in [6, 6.07) is 13.2. The lowest BCUT2D eigenvalue weighted by atomic mass is 10.0. The summed E-state index contributed by atoms with van der Waals surface area (Å²) in [6.07, 6.45) is 0. The van der Waals surface area contributed by atoms with Crippen molar-refractivity contribution < 1.29 is 18.3 Å². The molecule has 0 saturated heterocycles. The van der Waals surface area contributed by atoms with Gasteiger partial charge in [0.15, 0.2) is 0 Å². The summed E-state index contributed by atoms with van der Waals surface area (Å²) in [5.74, 6) is -0.0705. The largest absolute Gasteiger partial charge is 0.435 e. The van der Waals surface area contributed by atoms with Crippen LogP contribution in [0.3, 0.4) is 0 Å². The van der Waals surface area contributed by atoms with Crippen LogP contribution >= 0.6 is 0 Å². The quantitative estimate of drug-likeness (QED) is 0.872. The number of amides is 1. The number of carbonyl (C=O) groups is 1. The Morgan fingerprint density at radius 3 is 2.50 bits per heavy atom. The van der Waals surface area contributed by atoms with E-state index in [4.69, 9.17) is 0 Å². The summed E-state index contributed by atoms with van der Waals surface area (Å²) >= 11 is 0. The third kappa shape index (κ3) is 4.28. The fourth-order valence-corrected chi connectivity index (χ4v) is 1.99. The van der Waals surface area contributed by atoms with Crippen LogP contribution in [0.15, 0.2) is 48.5 Å². The maximum atomic E-state index is 12.2. The first-order valence-corrected chi connectivity index (χ1v) is 6.92. The topological polar surface area (TPSA) is 38.3 Å². The predicted molar refractivity (Wildman–Crippen MR) is 81.6 cm³/mol. The van der Waals surface area contributed by atoms with Gasteiger partial charge in [0, 0.05) is 11.3 Å². The van der Waals surface area contributed by atoms with Crippen molar-refractivity contribution in [3.05, 3.63) is 59.7 Å². The summed E-state index contributed by atoms with van der Waals surface area (Å²) in [5.41, 5.74) is 2.03. The monoisotopic (exact) mass is 305 g/mol. The molecule has 2 rings (SSSR count). The molecule has 116 valence electrons. The van der Waals surface area contributed by atoms with Crippen molar-refractivity contribution in [2.75, 3.05) is 5.32 Å². The Kier molecular flexibility index (Phi) is 5.09. The van der Waals surface area contributed by atoms with E-state index < -0.39 is 6.61 Å². The van der Waals surface area contributed by atoms with E-state index in [1.807, 2.05) is 18.2 Å². The average Bonchev–Trinajstić information content (AvgIpc) is 2.47. The zero-order chi connectivity index (χ0) is 16.1. The molecule has 1 amide bonds. The van der Waals surface area contributed by atoms with Crippen LogP contribution in [0.1, 0.15) is 35.7 Å². The Balaban J connectivity index is 2.13. The summed E-state index contributed by atoms with van der Waals surface area (Å²) in [5, 5.41) is 2.75. The Hall–Kier alpha value is -2.43. The molecule has 0 fully saturated rings. The molecule has 0 spiro atoms. The third-order valence-electron chi connectivity index (χ3n) is 3.13. The highest BCUT2D eigenvalue weighted by Gasteiger charge is 2.10. The van der Waals surface area contributed by atoms with Gasteiger partial charge in [0.25, 0.3) is 5.91 Å². The molecule has 2 aromatic carbocycles. The molecule has 5 heteroatoms. The van der Waals surface area contributed by atoms with Crippen molar-refractivity contribution in [1.82, 2.24) is 0 Å². The van der Waals surface area contributed by atoms with Crippen LogP contribution < -0.4 is 10.1 Å². The minimum atomic E-state index is -2.92. The molecule has 0 aromatic heterocycles.